The van der Waals surface area contributed by atoms with E-state index in [1.165, 1.54) is 0 Å². The second-order valence-electron chi connectivity index (χ2n) is 3.66. The molecule has 0 spiro atoms. The van der Waals surface area contributed by atoms with E-state index in [0.29, 0.717) is 0 Å². The largest absolute Gasteiger partial charge is 0.385 e. The number of rotatable bonds is 6. The van der Waals surface area contributed by atoms with E-state index in [1.807, 2.05) is 24.3 Å². The number of unbranched alkanes of at least 4 members (excludes halogenated alkanes) is 1. The fourth-order valence-electron chi connectivity index (χ4n) is 1.64. The molecule has 2 nitrogen and oxygen atoms in total. The van der Waals surface area contributed by atoms with Crippen molar-refractivity contribution in [2.45, 2.75) is 26.2 Å². The Balaban J connectivity index is 2.56. The molecule has 0 aliphatic rings. The summed E-state index contributed by atoms with van der Waals surface area (Å²) in [6.45, 7) is 2.41. The molecule has 0 bridgehead atoms. The Morgan fingerprint density at radius 1 is 1.27 bits per heavy atom. The van der Waals surface area contributed by atoms with Crippen molar-refractivity contribution in [1.29, 1.82) is 0 Å². The summed E-state index contributed by atoms with van der Waals surface area (Å²) in [5.74, 6) is 0.150. The maximum absolute atomic E-state index is 11.3. The highest BCUT2D eigenvalue weighted by Gasteiger charge is 2.05. The van der Waals surface area contributed by atoms with Crippen molar-refractivity contribution in [3.63, 3.8) is 0 Å². The third-order valence-electron chi connectivity index (χ3n) is 2.44. The number of ketones is 1. The molecule has 0 aromatic heterocycles. The molecule has 0 saturated heterocycles. The topological polar surface area (TPSA) is 26.3 Å². The van der Waals surface area contributed by atoms with E-state index in [4.69, 9.17) is 4.74 Å². The molecule has 2 heteroatoms. The van der Waals surface area contributed by atoms with Crippen molar-refractivity contribution in [2.24, 2.45) is 0 Å². The Labute approximate surface area is 91.3 Å². The fourth-order valence-corrected chi connectivity index (χ4v) is 1.64. The molecule has 0 fully saturated rings. The molecule has 0 aliphatic carbocycles. The Kier molecular flexibility index (Phi) is 5.05. The van der Waals surface area contributed by atoms with Crippen molar-refractivity contribution in [2.75, 3.05) is 13.7 Å². The molecule has 0 heterocycles. The number of Topliss-reactive ketones (excluding diaryl/α,β-unsaturated/α-hetero) is 1. The lowest BCUT2D eigenvalue weighted by Gasteiger charge is -2.06. The summed E-state index contributed by atoms with van der Waals surface area (Å²) in [4.78, 5) is 11.3. The second kappa shape index (κ2) is 6.36. The number of hydrogen-bond acceptors (Lipinski definition) is 2. The number of ether oxygens (including phenoxy) is 1. The zero-order valence-corrected chi connectivity index (χ0v) is 9.45. The van der Waals surface area contributed by atoms with E-state index >= 15 is 0 Å². The summed E-state index contributed by atoms with van der Waals surface area (Å²) < 4.78 is 4.99. The molecule has 0 amide bonds. The van der Waals surface area contributed by atoms with Crippen molar-refractivity contribution < 1.29 is 9.53 Å². The third kappa shape index (κ3) is 3.84. The van der Waals surface area contributed by atoms with Crippen LogP contribution in [0.4, 0.5) is 0 Å². The van der Waals surface area contributed by atoms with Gasteiger partial charge in [-0.15, -0.1) is 0 Å². The highest BCUT2D eigenvalue weighted by atomic mass is 16.5. The zero-order valence-electron chi connectivity index (χ0n) is 9.45. The summed E-state index contributed by atoms with van der Waals surface area (Å²) in [7, 11) is 1.71. The molecule has 1 rings (SSSR count). The summed E-state index contributed by atoms with van der Waals surface area (Å²) in [6, 6.07) is 7.82. The summed E-state index contributed by atoms with van der Waals surface area (Å²) in [6.07, 6.45) is 3.07. The van der Waals surface area contributed by atoms with E-state index in [1.54, 1.807) is 14.0 Å². The minimum Gasteiger partial charge on any atom is -0.385 e. The smallest absolute Gasteiger partial charge is 0.160 e. The van der Waals surface area contributed by atoms with Gasteiger partial charge in [-0.05, 0) is 31.7 Å². The summed E-state index contributed by atoms with van der Waals surface area (Å²) >= 11 is 0. The van der Waals surface area contributed by atoms with Crippen LogP contribution in [0.5, 0.6) is 0 Å². The molecule has 15 heavy (non-hydrogen) atoms. The van der Waals surface area contributed by atoms with Crippen LogP contribution in [0.3, 0.4) is 0 Å². The maximum Gasteiger partial charge on any atom is 0.160 e. The molecule has 1 aromatic rings. The quantitative estimate of drug-likeness (QED) is 0.528. The Morgan fingerprint density at radius 3 is 2.67 bits per heavy atom. The van der Waals surface area contributed by atoms with Crippen LogP contribution >= 0.6 is 0 Å². The lowest BCUT2D eigenvalue weighted by molar-refractivity contribution is 0.101. The average molecular weight is 206 g/mol. The number of methoxy groups -OCH3 is 1. The standard InChI is InChI=1S/C13H18O2/c1-11(14)13-9-4-3-7-12(13)8-5-6-10-15-2/h3-4,7,9H,5-6,8,10H2,1-2H3. The minimum absolute atomic E-state index is 0.150. The highest BCUT2D eigenvalue weighted by molar-refractivity contribution is 5.95. The van der Waals surface area contributed by atoms with Crippen LogP contribution < -0.4 is 0 Å². The van der Waals surface area contributed by atoms with Crippen molar-refractivity contribution in [1.82, 2.24) is 0 Å². The summed E-state index contributed by atoms with van der Waals surface area (Å²) in [5, 5.41) is 0. The monoisotopic (exact) mass is 206 g/mol. The van der Waals surface area contributed by atoms with Gasteiger partial charge < -0.3 is 4.74 Å². The lowest BCUT2D eigenvalue weighted by atomic mass is 10.00. The number of hydrogen-bond donors (Lipinski definition) is 0. The number of benzene rings is 1. The van der Waals surface area contributed by atoms with Gasteiger partial charge in [0, 0.05) is 19.3 Å². The van der Waals surface area contributed by atoms with Crippen LogP contribution in [-0.4, -0.2) is 19.5 Å². The molecule has 0 saturated carbocycles. The second-order valence-corrected chi connectivity index (χ2v) is 3.66. The van der Waals surface area contributed by atoms with E-state index in [2.05, 4.69) is 0 Å². The molecular weight excluding hydrogens is 188 g/mol. The van der Waals surface area contributed by atoms with Gasteiger partial charge in [0.15, 0.2) is 5.78 Å². The van der Waals surface area contributed by atoms with Gasteiger partial charge in [0.1, 0.15) is 0 Å². The van der Waals surface area contributed by atoms with Crippen LogP contribution in [0.1, 0.15) is 35.7 Å². The van der Waals surface area contributed by atoms with Gasteiger partial charge >= 0.3 is 0 Å². The van der Waals surface area contributed by atoms with Gasteiger partial charge in [-0.1, -0.05) is 24.3 Å². The van der Waals surface area contributed by atoms with Gasteiger partial charge in [0.2, 0.25) is 0 Å². The van der Waals surface area contributed by atoms with Crippen molar-refractivity contribution in [3.8, 4) is 0 Å². The first-order valence-electron chi connectivity index (χ1n) is 5.33. The Bertz CT molecular complexity index is 318. The predicted octanol–water partition coefficient (Wildman–Crippen LogP) is 2.86. The molecule has 0 unspecified atom stereocenters. The van der Waals surface area contributed by atoms with Gasteiger partial charge in [-0.3, -0.25) is 4.79 Å². The normalized spacial score (nSPS) is 10.3. The summed E-state index contributed by atoms with van der Waals surface area (Å²) in [5.41, 5.74) is 2.01. The maximum atomic E-state index is 11.3. The average Bonchev–Trinajstić information content (AvgIpc) is 2.25. The van der Waals surface area contributed by atoms with Crippen molar-refractivity contribution in [3.05, 3.63) is 35.4 Å². The lowest BCUT2D eigenvalue weighted by Crippen LogP contribution is -2.00. The third-order valence-corrected chi connectivity index (χ3v) is 2.44. The van der Waals surface area contributed by atoms with Crippen LogP contribution in [0.2, 0.25) is 0 Å². The van der Waals surface area contributed by atoms with E-state index in [9.17, 15) is 4.79 Å². The predicted molar refractivity (Wildman–Crippen MR) is 61.3 cm³/mol. The zero-order chi connectivity index (χ0) is 11.1. The highest BCUT2D eigenvalue weighted by Crippen LogP contribution is 2.12. The number of carbonyl (C=O) groups is 1. The first kappa shape index (κ1) is 11.9. The molecule has 0 N–H and O–H groups in total. The van der Waals surface area contributed by atoms with Gasteiger partial charge in [-0.25, -0.2) is 0 Å². The number of aryl methyl sites for hydroxylation is 1. The molecular formula is C13H18O2. The van der Waals surface area contributed by atoms with Gasteiger partial charge in [0.25, 0.3) is 0 Å². The van der Waals surface area contributed by atoms with Crippen LogP contribution in [0.25, 0.3) is 0 Å². The first-order chi connectivity index (χ1) is 7.25. The van der Waals surface area contributed by atoms with Crippen LogP contribution in [-0.2, 0) is 11.2 Å². The van der Waals surface area contributed by atoms with E-state index in [-0.39, 0.29) is 5.78 Å². The molecule has 0 radical (unpaired) electrons. The first-order valence-corrected chi connectivity index (χ1v) is 5.33. The van der Waals surface area contributed by atoms with Crippen molar-refractivity contribution >= 4 is 5.78 Å². The SMILES string of the molecule is COCCCCc1ccccc1C(C)=O. The Hall–Kier alpha value is -1.15. The van der Waals surface area contributed by atoms with Crippen LogP contribution in [0.15, 0.2) is 24.3 Å². The van der Waals surface area contributed by atoms with Gasteiger partial charge in [-0.2, -0.15) is 0 Å². The van der Waals surface area contributed by atoms with Gasteiger partial charge in [0.05, 0.1) is 0 Å². The van der Waals surface area contributed by atoms with Crippen LogP contribution in [0, 0.1) is 0 Å². The van der Waals surface area contributed by atoms with E-state index in [0.717, 1.165) is 37.0 Å². The van der Waals surface area contributed by atoms with E-state index < -0.39 is 0 Å². The minimum atomic E-state index is 0.150. The number of carbonyl (C=O) groups excluding carboxylic acids is 1. The molecule has 82 valence electrons. The molecule has 1 aromatic carbocycles. The molecule has 0 aliphatic heterocycles. The fraction of sp³-hybridized carbons (Fsp3) is 0.462. The Morgan fingerprint density at radius 2 is 2.00 bits per heavy atom. The molecule has 0 atom stereocenters.